The van der Waals surface area contributed by atoms with Crippen molar-refractivity contribution in [3.05, 3.63) is 255 Å². The zero-order chi connectivity index (χ0) is 44.7. The van der Waals surface area contributed by atoms with Crippen molar-refractivity contribution in [2.75, 3.05) is 0 Å². The van der Waals surface area contributed by atoms with Gasteiger partial charge in [-0.25, -0.2) is 0 Å². The first-order valence-corrected chi connectivity index (χ1v) is 23.6. The first kappa shape index (κ1) is 38.4. The minimum absolute atomic E-state index is 1.22. The smallest absolute Gasteiger partial charge is 0.0105 e. The van der Waals surface area contributed by atoms with Gasteiger partial charge in [0.25, 0.3) is 0 Å². The van der Waals surface area contributed by atoms with Gasteiger partial charge in [-0.05, 0) is 215 Å². The molecule has 0 aromatic heterocycles. The standard InChI is InChI=1S/C68H42/c1-2-9-46-31-47(18-15-43(46)7-1)50-21-23-53-38-62-36-51(22-24-54(62)37-61(53)35-50)48-19-16-44-17-20-49(34-60(44)33-48)52-29-30-68-57(32-52)11-6-14-67(68)59-28-26-56-39-63-41-58(27-25-55(63)40-64(56)42-59)66-13-5-10-45-8-3-4-12-65(45)66/h1-42H. The third-order valence-electron chi connectivity index (χ3n) is 14.5. The quantitative estimate of drug-likeness (QED) is 0.151. The predicted octanol–water partition coefficient (Wildman–Crippen LogP) is 19.2. The summed E-state index contributed by atoms with van der Waals surface area (Å²) in [5.41, 5.74) is 12.4. The number of hydrogen-bond donors (Lipinski definition) is 0. The third-order valence-corrected chi connectivity index (χ3v) is 14.5. The Hall–Kier alpha value is -8.84. The lowest BCUT2D eigenvalue weighted by Gasteiger charge is -2.12. The summed E-state index contributed by atoms with van der Waals surface area (Å²) >= 11 is 0. The molecule has 68 heavy (non-hydrogen) atoms. The Bertz CT molecular complexity index is 4370. The van der Waals surface area contributed by atoms with Crippen LogP contribution in [-0.2, 0) is 0 Å². The lowest BCUT2D eigenvalue weighted by molar-refractivity contribution is 1.65. The molecule has 0 saturated heterocycles. The molecule has 0 nitrogen and oxygen atoms in total. The van der Waals surface area contributed by atoms with Crippen molar-refractivity contribution in [1.82, 2.24) is 0 Å². The van der Waals surface area contributed by atoms with Crippen LogP contribution in [0, 0.1) is 0 Å². The molecule has 14 rings (SSSR count). The fourth-order valence-electron chi connectivity index (χ4n) is 10.9. The maximum absolute atomic E-state index is 2.36. The predicted molar refractivity (Wildman–Crippen MR) is 294 cm³/mol. The molecule has 14 aromatic rings. The monoisotopic (exact) mass is 858 g/mol. The normalized spacial score (nSPS) is 11.8. The molecular formula is C68H42. The maximum atomic E-state index is 2.36. The van der Waals surface area contributed by atoms with E-state index in [0.717, 1.165) is 0 Å². The van der Waals surface area contributed by atoms with Gasteiger partial charge in [0.15, 0.2) is 0 Å². The van der Waals surface area contributed by atoms with Crippen LogP contribution in [-0.4, -0.2) is 0 Å². The Balaban J connectivity index is 0.754. The maximum Gasteiger partial charge on any atom is -0.0105 e. The summed E-state index contributed by atoms with van der Waals surface area (Å²) in [5, 5.41) is 20.1. The molecule has 14 aromatic carbocycles. The molecule has 314 valence electrons. The largest absolute Gasteiger partial charge is 0.0616 e. The average Bonchev–Trinajstić information content (AvgIpc) is 3.40. The second-order valence-corrected chi connectivity index (χ2v) is 18.6. The van der Waals surface area contributed by atoms with Crippen molar-refractivity contribution < 1.29 is 0 Å². The molecule has 0 saturated carbocycles. The summed E-state index contributed by atoms with van der Waals surface area (Å²) < 4.78 is 0. The van der Waals surface area contributed by atoms with E-state index in [-0.39, 0.29) is 0 Å². The van der Waals surface area contributed by atoms with E-state index < -0.39 is 0 Å². The van der Waals surface area contributed by atoms with Crippen LogP contribution in [0.5, 0.6) is 0 Å². The Labute approximate surface area is 394 Å². The summed E-state index contributed by atoms with van der Waals surface area (Å²) in [6.45, 7) is 0. The molecule has 0 aliphatic heterocycles. The van der Waals surface area contributed by atoms with Gasteiger partial charge in [-0.15, -0.1) is 0 Å². The number of rotatable bonds is 5. The van der Waals surface area contributed by atoms with Gasteiger partial charge in [0, 0.05) is 0 Å². The summed E-state index contributed by atoms with van der Waals surface area (Å²) in [6, 6.07) is 94.9. The fraction of sp³-hybridized carbons (Fsp3) is 0. The molecule has 0 spiro atoms. The molecule has 0 amide bonds. The van der Waals surface area contributed by atoms with Crippen molar-refractivity contribution >= 4 is 86.2 Å². The molecule has 0 heterocycles. The highest BCUT2D eigenvalue weighted by molar-refractivity contribution is 6.07. The number of benzene rings is 14. The van der Waals surface area contributed by atoms with Crippen LogP contribution in [0.1, 0.15) is 0 Å². The van der Waals surface area contributed by atoms with Gasteiger partial charge in [-0.2, -0.15) is 0 Å². The minimum atomic E-state index is 1.22. The third kappa shape index (κ3) is 6.61. The van der Waals surface area contributed by atoms with Crippen LogP contribution in [0.25, 0.3) is 142 Å². The Morgan fingerprint density at radius 1 is 0.132 bits per heavy atom. The van der Waals surface area contributed by atoms with E-state index in [2.05, 4.69) is 255 Å². The van der Waals surface area contributed by atoms with Crippen molar-refractivity contribution in [2.45, 2.75) is 0 Å². The van der Waals surface area contributed by atoms with Gasteiger partial charge >= 0.3 is 0 Å². The van der Waals surface area contributed by atoms with Gasteiger partial charge in [0.05, 0.1) is 0 Å². The van der Waals surface area contributed by atoms with E-state index in [1.165, 1.54) is 142 Å². The molecule has 0 aliphatic carbocycles. The molecule has 0 radical (unpaired) electrons. The van der Waals surface area contributed by atoms with Crippen LogP contribution in [0.3, 0.4) is 0 Å². The van der Waals surface area contributed by atoms with E-state index in [1.807, 2.05) is 0 Å². The van der Waals surface area contributed by atoms with Crippen LogP contribution in [0.15, 0.2) is 255 Å². The zero-order valence-electron chi connectivity index (χ0n) is 37.2. The summed E-state index contributed by atoms with van der Waals surface area (Å²) in [7, 11) is 0. The molecule has 0 unspecified atom stereocenters. The Morgan fingerprint density at radius 2 is 0.412 bits per heavy atom. The first-order chi connectivity index (χ1) is 33.6. The highest BCUT2D eigenvalue weighted by Crippen LogP contribution is 2.38. The van der Waals surface area contributed by atoms with Crippen molar-refractivity contribution in [1.29, 1.82) is 0 Å². The lowest BCUT2D eigenvalue weighted by Crippen LogP contribution is -1.86. The van der Waals surface area contributed by atoms with Crippen molar-refractivity contribution in [3.63, 3.8) is 0 Å². The highest BCUT2D eigenvalue weighted by Gasteiger charge is 2.12. The second-order valence-electron chi connectivity index (χ2n) is 18.6. The number of hydrogen-bond acceptors (Lipinski definition) is 0. The van der Waals surface area contributed by atoms with E-state index in [9.17, 15) is 0 Å². The Morgan fingerprint density at radius 3 is 0.912 bits per heavy atom. The lowest BCUT2D eigenvalue weighted by atomic mass is 9.92. The van der Waals surface area contributed by atoms with Crippen molar-refractivity contribution in [3.8, 4) is 55.6 Å². The molecule has 0 aliphatic rings. The topological polar surface area (TPSA) is 0 Å². The summed E-state index contributed by atoms with van der Waals surface area (Å²) in [6.07, 6.45) is 0. The van der Waals surface area contributed by atoms with Crippen LogP contribution in [0.2, 0.25) is 0 Å². The molecule has 0 N–H and O–H groups in total. The van der Waals surface area contributed by atoms with E-state index in [4.69, 9.17) is 0 Å². The van der Waals surface area contributed by atoms with Crippen LogP contribution in [0.4, 0.5) is 0 Å². The van der Waals surface area contributed by atoms with Gasteiger partial charge in [-0.3, -0.25) is 0 Å². The van der Waals surface area contributed by atoms with E-state index in [1.54, 1.807) is 0 Å². The molecule has 0 bridgehead atoms. The SMILES string of the molecule is c1ccc2cc(-c3ccc4cc5cc(-c6ccc7ccc(-c8ccc9c(-c%10ccc%11cc%12cc(-c%13cccc%14ccccc%13%14)ccc%12cc%11c%10)cccc9c8)cc7c6)ccc5cc4c3)ccc2c1. The van der Waals surface area contributed by atoms with Crippen molar-refractivity contribution in [2.24, 2.45) is 0 Å². The molecule has 0 atom stereocenters. The zero-order valence-corrected chi connectivity index (χ0v) is 37.2. The molecule has 0 heteroatoms. The highest BCUT2D eigenvalue weighted by atomic mass is 14.2. The first-order valence-electron chi connectivity index (χ1n) is 23.6. The minimum Gasteiger partial charge on any atom is -0.0616 e. The van der Waals surface area contributed by atoms with Gasteiger partial charge in [-0.1, -0.05) is 182 Å². The van der Waals surface area contributed by atoms with Gasteiger partial charge < -0.3 is 0 Å². The van der Waals surface area contributed by atoms with E-state index >= 15 is 0 Å². The fourth-order valence-corrected chi connectivity index (χ4v) is 10.9. The van der Waals surface area contributed by atoms with Gasteiger partial charge in [0.2, 0.25) is 0 Å². The van der Waals surface area contributed by atoms with Crippen LogP contribution >= 0.6 is 0 Å². The average molecular weight is 859 g/mol. The van der Waals surface area contributed by atoms with Gasteiger partial charge in [0.1, 0.15) is 0 Å². The number of fused-ring (bicyclic) bond motifs is 8. The summed E-state index contributed by atoms with van der Waals surface area (Å²) in [4.78, 5) is 0. The Kier molecular flexibility index (Phi) is 8.69. The van der Waals surface area contributed by atoms with Crippen LogP contribution < -0.4 is 0 Å². The summed E-state index contributed by atoms with van der Waals surface area (Å²) in [5.74, 6) is 0. The molecular weight excluding hydrogens is 817 g/mol. The van der Waals surface area contributed by atoms with E-state index in [0.29, 0.717) is 0 Å². The second kappa shape index (κ2) is 15.4. The molecule has 0 fully saturated rings.